The molecule has 1 aromatic rings. The molecule has 0 spiro atoms. The van der Waals surface area contributed by atoms with E-state index in [0.717, 1.165) is 5.56 Å². The first-order valence-corrected chi connectivity index (χ1v) is 10.8. The van der Waals surface area contributed by atoms with E-state index in [0.29, 0.717) is 17.2 Å². The van der Waals surface area contributed by atoms with Gasteiger partial charge in [0.15, 0.2) is 11.5 Å². The summed E-state index contributed by atoms with van der Waals surface area (Å²) in [5, 5.41) is 1.49. The topological polar surface area (TPSA) is 27.7 Å². The van der Waals surface area contributed by atoms with Crippen LogP contribution in [0.4, 0.5) is 0 Å². The monoisotopic (exact) mass is 334 g/mol. The highest BCUT2D eigenvalue weighted by Gasteiger charge is 2.36. The Morgan fingerprint density at radius 3 is 1.83 bits per heavy atom. The van der Waals surface area contributed by atoms with Gasteiger partial charge in [-0.1, -0.05) is 57.8 Å². The summed E-state index contributed by atoms with van der Waals surface area (Å²) in [6, 6.07) is 3.88. The first kappa shape index (κ1) is 19.4. The second kappa shape index (κ2) is 7.26. The Morgan fingerprint density at radius 2 is 1.48 bits per heavy atom. The molecule has 0 aliphatic rings. The molecule has 23 heavy (non-hydrogen) atoms. The Hall–Kier alpha value is -1.68. The Bertz CT molecular complexity index is 570. The number of methoxy groups -OCH3 is 3. The molecule has 128 valence electrons. The first-order chi connectivity index (χ1) is 10.6. The summed E-state index contributed by atoms with van der Waals surface area (Å²) in [7, 11) is 3.26. The van der Waals surface area contributed by atoms with Crippen molar-refractivity contribution in [1.82, 2.24) is 0 Å². The molecule has 0 aromatic heterocycles. The summed E-state index contributed by atoms with van der Waals surface area (Å²) >= 11 is 0. The Labute approximate surface area is 142 Å². The summed E-state index contributed by atoms with van der Waals surface area (Å²) in [6.07, 6.45) is 4.19. The maximum Gasteiger partial charge on any atom is 0.203 e. The summed E-state index contributed by atoms with van der Waals surface area (Å²) in [5.41, 5.74) is 0.999. The number of rotatable bonds is 6. The summed E-state index contributed by atoms with van der Waals surface area (Å²) in [5.74, 6) is 1.92. The third-order valence-corrected chi connectivity index (χ3v) is 10.4. The van der Waals surface area contributed by atoms with E-state index in [-0.39, 0.29) is 5.04 Å². The minimum atomic E-state index is -1.59. The van der Waals surface area contributed by atoms with Crippen molar-refractivity contribution in [2.75, 3.05) is 21.3 Å². The van der Waals surface area contributed by atoms with Gasteiger partial charge < -0.3 is 14.2 Å². The Morgan fingerprint density at radius 1 is 1.00 bits per heavy atom. The molecule has 1 rings (SSSR count). The van der Waals surface area contributed by atoms with Crippen LogP contribution in [0.3, 0.4) is 0 Å². The van der Waals surface area contributed by atoms with E-state index in [2.05, 4.69) is 52.6 Å². The van der Waals surface area contributed by atoms with Gasteiger partial charge in [0.05, 0.1) is 29.4 Å². The third kappa shape index (κ3) is 4.19. The van der Waals surface area contributed by atoms with Crippen molar-refractivity contribution in [3.8, 4) is 17.2 Å². The van der Waals surface area contributed by atoms with Crippen LogP contribution in [0.5, 0.6) is 17.2 Å². The number of hydrogen-bond donors (Lipinski definition) is 0. The fourth-order valence-electron chi connectivity index (χ4n) is 2.08. The van der Waals surface area contributed by atoms with E-state index < -0.39 is 8.07 Å². The van der Waals surface area contributed by atoms with Gasteiger partial charge >= 0.3 is 0 Å². The van der Waals surface area contributed by atoms with Crippen LogP contribution in [0.25, 0.3) is 6.08 Å². The average molecular weight is 335 g/mol. The molecule has 0 saturated carbocycles. The van der Waals surface area contributed by atoms with Crippen molar-refractivity contribution in [2.24, 2.45) is 0 Å². The van der Waals surface area contributed by atoms with Crippen molar-refractivity contribution in [2.45, 2.75) is 38.9 Å². The van der Waals surface area contributed by atoms with Crippen LogP contribution in [0.15, 0.2) is 30.0 Å². The van der Waals surface area contributed by atoms with Crippen LogP contribution in [0, 0.1) is 0 Å². The zero-order chi connectivity index (χ0) is 17.8. The lowest BCUT2D eigenvalue weighted by molar-refractivity contribution is 0.324. The number of ether oxygens (including phenoxy) is 3. The van der Waals surface area contributed by atoms with Crippen LogP contribution in [0.1, 0.15) is 26.3 Å². The van der Waals surface area contributed by atoms with Gasteiger partial charge in [0.25, 0.3) is 0 Å². The molecule has 0 N–H and O–H groups in total. The molecule has 0 bridgehead atoms. The minimum Gasteiger partial charge on any atom is -0.493 e. The Balaban J connectivity index is 3.17. The smallest absolute Gasteiger partial charge is 0.203 e. The molecule has 0 saturated heterocycles. The van der Waals surface area contributed by atoms with Crippen molar-refractivity contribution >= 4 is 14.1 Å². The normalized spacial score (nSPS) is 12.3. The van der Waals surface area contributed by atoms with E-state index in [9.17, 15) is 0 Å². The molecule has 0 heterocycles. The van der Waals surface area contributed by atoms with E-state index in [1.807, 2.05) is 12.1 Å². The van der Waals surface area contributed by atoms with Crippen LogP contribution in [-0.4, -0.2) is 29.4 Å². The van der Waals surface area contributed by atoms with E-state index >= 15 is 0 Å². The number of benzene rings is 1. The molecule has 0 fully saturated rings. The molecule has 0 aliphatic carbocycles. The lowest BCUT2D eigenvalue weighted by atomic mass is 10.1. The van der Waals surface area contributed by atoms with Crippen molar-refractivity contribution in [3.63, 3.8) is 0 Å². The largest absolute Gasteiger partial charge is 0.493 e. The maximum atomic E-state index is 5.40. The summed E-state index contributed by atoms with van der Waals surface area (Å²) in [4.78, 5) is 0. The molecule has 4 heteroatoms. The van der Waals surface area contributed by atoms with Gasteiger partial charge in [-0.05, 0) is 22.7 Å². The fraction of sp³-hybridized carbons (Fsp3) is 0.474. The van der Waals surface area contributed by atoms with Gasteiger partial charge in [0.1, 0.15) is 0 Å². The van der Waals surface area contributed by atoms with Gasteiger partial charge in [0, 0.05) is 0 Å². The average Bonchev–Trinajstić information content (AvgIpc) is 2.49. The highest BCUT2D eigenvalue weighted by molar-refractivity contribution is 6.87. The van der Waals surface area contributed by atoms with Gasteiger partial charge in [-0.3, -0.25) is 0 Å². The van der Waals surface area contributed by atoms with Crippen molar-refractivity contribution < 1.29 is 14.2 Å². The zero-order valence-corrected chi connectivity index (χ0v) is 16.7. The number of allylic oxidation sites excluding steroid dienone is 2. The molecular weight excluding hydrogens is 304 g/mol. The lowest BCUT2D eigenvalue weighted by Gasteiger charge is -2.37. The maximum absolute atomic E-state index is 5.40. The van der Waals surface area contributed by atoms with Crippen molar-refractivity contribution in [3.05, 3.63) is 35.5 Å². The summed E-state index contributed by atoms with van der Waals surface area (Å²) < 4.78 is 16.1. The standard InChI is InChI=1S/C19H30O3Si/c1-14(23(8,9)19(2,3)4)10-11-15-12-16(20-5)18(22-7)17(13-15)21-6/h10-13H,1H2,2-9H3/b11-10+. The fourth-order valence-corrected chi connectivity index (χ4v) is 3.55. The molecule has 0 unspecified atom stereocenters. The van der Waals surface area contributed by atoms with E-state index in [1.165, 1.54) is 5.20 Å². The van der Waals surface area contributed by atoms with E-state index in [1.54, 1.807) is 21.3 Å². The number of hydrogen-bond acceptors (Lipinski definition) is 3. The first-order valence-electron chi connectivity index (χ1n) is 7.76. The highest BCUT2D eigenvalue weighted by Crippen LogP contribution is 2.41. The van der Waals surface area contributed by atoms with Gasteiger partial charge in [-0.15, -0.1) is 0 Å². The molecule has 0 radical (unpaired) electrons. The van der Waals surface area contributed by atoms with Crippen molar-refractivity contribution in [1.29, 1.82) is 0 Å². The van der Waals surface area contributed by atoms with Gasteiger partial charge in [-0.25, -0.2) is 0 Å². The molecule has 0 aliphatic heterocycles. The predicted octanol–water partition coefficient (Wildman–Crippen LogP) is 5.33. The van der Waals surface area contributed by atoms with Crippen LogP contribution in [0.2, 0.25) is 18.1 Å². The third-order valence-electron chi connectivity index (χ3n) is 4.84. The summed E-state index contributed by atoms with van der Waals surface area (Å²) in [6.45, 7) is 15.9. The molecular formula is C19H30O3Si. The highest BCUT2D eigenvalue weighted by atomic mass is 28.3. The van der Waals surface area contributed by atoms with Crippen LogP contribution in [-0.2, 0) is 0 Å². The lowest BCUT2D eigenvalue weighted by Crippen LogP contribution is -2.38. The quantitative estimate of drug-likeness (QED) is 0.520. The molecule has 1 aromatic carbocycles. The minimum absolute atomic E-state index is 0.268. The molecule has 0 amide bonds. The van der Waals surface area contributed by atoms with Gasteiger partial charge in [0.2, 0.25) is 5.75 Å². The van der Waals surface area contributed by atoms with Gasteiger partial charge in [-0.2, -0.15) is 0 Å². The molecule has 3 nitrogen and oxygen atoms in total. The zero-order valence-electron chi connectivity index (χ0n) is 15.7. The van der Waals surface area contributed by atoms with Crippen LogP contribution >= 0.6 is 0 Å². The second-order valence-electron chi connectivity index (χ2n) is 7.19. The molecule has 0 atom stereocenters. The second-order valence-corrected chi connectivity index (χ2v) is 12.6. The van der Waals surface area contributed by atoms with Crippen LogP contribution < -0.4 is 14.2 Å². The van der Waals surface area contributed by atoms with E-state index in [4.69, 9.17) is 14.2 Å². The predicted molar refractivity (Wildman–Crippen MR) is 101 cm³/mol. The Kier molecular flexibility index (Phi) is 6.11. The SMILES string of the molecule is C=C(/C=C/c1cc(OC)c(OC)c(OC)c1)[Si](C)(C)C(C)(C)C.